The van der Waals surface area contributed by atoms with Crippen LogP contribution in [0.1, 0.15) is 10.4 Å². The number of aromatic amines is 1. The van der Waals surface area contributed by atoms with Crippen LogP contribution >= 0.6 is 23.6 Å². The topological polar surface area (TPSA) is 92.7 Å². The molecule has 4 aromatic rings. The maximum Gasteiger partial charge on any atom is 0.262 e. The average molecular weight is 422 g/mol. The van der Waals surface area contributed by atoms with Gasteiger partial charge in [-0.15, -0.1) is 16.8 Å². The molecule has 2 heterocycles. The molecule has 4 rings (SSSR count). The number of nitrogens with zero attached hydrogens (tertiary/aromatic N) is 3. The van der Waals surface area contributed by atoms with E-state index >= 15 is 0 Å². The lowest BCUT2D eigenvalue weighted by atomic mass is 10.1. The lowest BCUT2D eigenvalue weighted by Crippen LogP contribution is -2.22. The SMILES string of the molecule is C=CCn1c(=S)[nH]c2cc(C(=O)Nc3nnc(-c4ccccc4)s3)ccc2c1=O. The van der Waals surface area contributed by atoms with Gasteiger partial charge in [-0.05, 0) is 30.4 Å². The highest BCUT2D eigenvalue weighted by Crippen LogP contribution is 2.26. The minimum absolute atomic E-state index is 0.229. The molecule has 2 N–H and O–H groups in total. The smallest absolute Gasteiger partial charge is 0.262 e. The number of benzene rings is 2. The molecule has 0 aliphatic carbocycles. The quantitative estimate of drug-likeness (QED) is 0.375. The standard InChI is InChI=1S/C20H15N5O2S2/c1-2-10-25-18(27)14-9-8-13(11-15(14)21-20(25)28)16(26)22-19-24-23-17(29-19)12-6-4-3-5-7-12/h2-9,11H,1,10H2,(H,21,28)(H,22,24,26). The van der Waals surface area contributed by atoms with E-state index in [1.54, 1.807) is 24.3 Å². The van der Waals surface area contributed by atoms with Gasteiger partial charge in [-0.3, -0.25) is 19.5 Å². The van der Waals surface area contributed by atoms with Crippen molar-refractivity contribution in [3.05, 3.63) is 81.9 Å². The normalized spacial score (nSPS) is 10.8. The van der Waals surface area contributed by atoms with E-state index in [1.807, 2.05) is 30.3 Å². The summed E-state index contributed by atoms with van der Waals surface area (Å²) in [6.45, 7) is 3.95. The fourth-order valence-corrected chi connectivity index (χ4v) is 3.84. The summed E-state index contributed by atoms with van der Waals surface area (Å²) in [4.78, 5) is 28.2. The first-order chi connectivity index (χ1) is 14.1. The summed E-state index contributed by atoms with van der Waals surface area (Å²) < 4.78 is 1.69. The van der Waals surface area contributed by atoms with E-state index in [0.717, 1.165) is 5.56 Å². The van der Waals surface area contributed by atoms with Gasteiger partial charge >= 0.3 is 0 Å². The van der Waals surface area contributed by atoms with Gasteiger partial charge in [-0.2, -0.15) is 0 Å². The van der Waals surface area contributed by atoms with E-state index in [-0.39, 0.29) is 16.2 Å². The van der Waals surface area contributed by atoms with Crippen LogP contribution in [0.15, 0.2) is 66.0 Å². The lowest BCUT2D eigenvalue weighted by molar-refractivity contribution is 0.102. The molecule has 7 nitrogen and oxygen atoms in total. The van der Waals surface area contributed by atoms with Gasteiger partial charge in [0.25, 0.3) is 11.5 Å². The number of allylic oxidation sites excluding steroid dienone is 1. The number of carbonyl (C=O) groups is 1. The van der Waals surface area contributed by atoms with Gasteiger partial charge in [-0.1, -0.05) is 47.7 Å². The van der Waals surface area contributed by atoms with Crippen LogP contribution in [-0.4, -0.2) is 25.7 Å². The molecule has 0 aliphatic heterocycles. The van der Waals surface area contributed by atoms with E-state index in [1.165, 1.54) is 15.9 Å². The summed E-state index contributed by atoms with van der Waals surface area (Å²) >= 11 is 6.52. The number of aromatic nitrogens is 4. The number of anilines is 1. The molecule has 144 valence electrons. The Labute approximate surface area is 174 Å². The highest BCUT2D eigenvalue weighted by Gasteiger charge is 2.13. The van der Waals surface area contributed by atoms with Gasteiger partial charge in [0.2, 0.25) is 5.13 Å². The molecule has 2 aromatic heterocycles. The van der Waals surface area contributed by atoms with Gasteiger partial charge in [-0.25, -0.2) is 0 Å². The molecule has 0 saturated heterocycles. The number of rotatable bonds is 5. The van der Waals surface area contributed by atoms with Crippen molar-refractivity contribution in [2.45, 2.75) is 6.54 Å². The third kappa shape index (κ3) is 3.78. The van der Waals surface area contributed by atoms with E-state index < -0.39 is 0 Å². The van der Waals surface area contributed by atoms with E-state index in [2.05, 4.69) is 27.1 Å². The Morgan fingerprint density at radius 3 is 2.79 bits per heavy atom. The number of nitrogens with one attached hydrogen (secondary N) is 2. The molecule has 0 aliphatic rings. The molecule has 9 heteroatoms. The Morgan fingerprint density at radius 1 is 1.24 bits per heavy atom. The highest BCUT2D eigenvalue weighted by molar-refractivity contribution is 7.71. The van der Waals surface area contributed by atoms with Crippen LogP contribution < -0.4 is 10.9 Å². The minimum Gasteiger partial charge on any atom is -0.332 e. The molecule has 0 fully saturated rings. The van der Waals surface area contributed by atoms with Gasteiger partial charge in [0.05, 0.1) is 10.9 Å². The van der Waals surface area contributed by atoms with Crippen molar-refractivity contribution in [3.63, 3.8) is 0 Å². The third-order valence-corrected chi connectivity index (χ3v) is 5.43. The van der Waals surface area contributed by atoms with Crippen molar-refractivity contribution in [2.75, 3.05) is 5.32 Å². The number of hydrogen-bond donors (Lipinski definition) is 2. The summed E-state index contributed by atoms with van der Waals surface area (Å²) in [5.41, 5.74) is 1.57. The molecular formula is C20H15N5O2S2. The highest BCUT2D eigenvalue weighted by atomic mass is 32.1. The van der Waals surface area contributed by atoms with Crippen LogP contribution in [0.4, 0.5) is 5.13 Å². The maximum absolute atomic E-state index is 12.6. The number of H-pyrrole nitrogens is 1. The second-order valence-electron chi connectivity index (χ2n) is 6.13. The lowest BCUT2D eigenvalue weighted by Gasteiger charge is -2.07. The second-order valence-corrected chi connectivity index (χ2v) is 7.49. The summed E-state index contributed by atoms with van der Waals surface area (Å²) in [6, 6.07) is 14.4. The van der Waals surface area contributed by atoms with Gasteiger partial charge in [0.15, 0.2) is 4.77 Å². The zero-order chi connectivity index (χ0) is 20.4. The molecule has 0 unspecified atom stereocenters. The Kier molecular flexibility index (Phi) is 5.15. The fourth-order valence-electron chi connectivity index (χ4n) is 2.83. The molecule has 1 amide bonds. The van der Waals surface area contributed by atoms with Crippen LogP contribution in [0.5, 0.6) is 0 Å². The molecule has 2 aromatic carbocycles. The molecule has 0 atom stereocenters. The van der Waals surface area contributed by atoms with Crippen molar-refractivity contribution in [3.8, 4) is 10.6 Å². The molecule has 29 heavy (non-hydrogen) atoms. The van der Waals surface area contributed by atoms with Crippen molar-refractivity contribution in [1.82, 2.24) is 19.7 Å². The predicted molar refractivity (Wildman–Crippen MR) is 117 cm³/mol. The monoisotopic (exact) mass is 421 g/mol. The number of hydrogen-bond acceptors (Lipinski definition) is 6. The molecule has 0 bridgehead atoms. The predicted octanol–water partition coefficient (Wildman–Crippen LogP) is 4.02. The first-order valence-electron chi connectivity index (χ1n) is 8.65. The van der Waals surface area contributed by atoms with Crippen LogP contribution in [-0.2, 0) is 6.54 Å². The van der Waals surface area contributed by atoms with Crippen molar-refractivity contribution in [2.24, 2.45) is 0 Å². The van der Waals surface area contributed by atoms with Crippen LogP contribution in [0, 0.1) is 4.77 Å². The van der Waals surface area contributed by atoms with E-state index in [4.69, 9.17) is 12.2 Å². The van der Waals surface area contributed by atoms with Gasteiger partial charge in [0.1, 0.15) is 5.01 Å². The largest absolute Gasteiger partial charge is 0.332 e. The van der Waals surface area contributed by atoms with Crippen LogP contribution in [0.2, 0.25) is 0 Å². The van der Waals surface area contributed by atoms with E-state index in [9.17, 15) is 9.59 Å². The summed E-state index contributed by atoms with van der Waals surface area (Å²) in [5.74, 6) is -0.350. The van der Waals surface area contributed by atoms with Crippen molar-refractivity contribution >= 4 is 45.5 Å². The van der Waals surface area contributed by atoms with Crippen molar-refractivity contribution < 1.29 is 4.79 Å². The zero-order valence-electron chi connectivity index (χ0n) is 15.1. The van der Waals surface area contributed by atoms with Gasteiger partial charge < -0.3 is 4.98 Å². The molecule has 0 saturated carbocycles. The number of amides is 1. The molecule has 0 radical (unpaired) electrons. The zero-order valence-corrected chi connectivity index (χ0v) is 16.7. The third-order valence-electron chi connectivity index (χ3n) is 4.22. The Morgan fingerprint density at radius 2 is 2.03 bits per heavy atom. The number of carbonyl (C=O) groups excluding carboxylic acids is 1. The summed E-state index contributed by atoms with van der Waals surface area (Å²) in [7, 11) is 0. The summed E-state index contributed by atoms with van der Waals surface area (Å²) in [5, 5.41) is 12.4. The van der Waals surface area contributed by atoms with Crippen LogP contribution in [0.3, 0.4) is 0 Å². The Hall–Kier alpha value is -3.43. The molecular weight excluding hydrogens is 406 g/mol. The fraction of sp³-hybridized carbons (Fsp3) is 0.0500. The van der Waals surface area contributed by atoms with Crippen LogP contribution in [0.25, 0.3) is 21.5 Å². The van der Waals surface area contributed by atoms with Gasteiger partial charge in [0, 0.05) is 17.7 Å². The van der Waals surface area contributed by atoms with Crippen molar-refractivity contribution in [1.29, 1.82) is 0 Å². The average Bonchev–Trinajstić information content (AvgIpc) is 3.20. The summed E-state index contributed by atoms with van der Waals surface area (Å²) in [6.07, 6.45) is 1.60. The first-order valence-corrected chi connectivity index (χ1v) is 9.87. The Bertz CT molecular complexity index is 1340. The minimum atomic E-state index is -0.350. The number of fused-ring (bicyclic) bond motifs is 1. The second kappa shape index (κ2) is 7.90. The Balaban J connectivity index is 1.62. The van der Waals surface area contributed by atoms with E-state index in [0.29, 0.717) is 33.2 Å². The molecule has 0 spiro atoms. The maximum atomic E-state index is 12.6. The first kappa shape index (κ1) is 18.9.